The van der Waals surface area contributed by atoms with Gasteiger partial charge >= 0.3 is 0 Å². The van der Waals surface area contributed by atoms with Crippen molar-refractivity contribution in [3.8, 4) is 28.1 Å². The van der Waals surface area contributed by atoms with Gasteiger partial charge in [0.1, 0.15) is 17.5 Å². The third kappa shape index (κ3) is 2.03. The number of aromatic nitrogens is 3. The van der Waals surface area contributed by atoms with Crippen LogP contribution in [0.1, 0.15) is 0 Å². The zero-order valence-electron chi connectivity index (χ0n) is 11.9. The average molecular weight is 291 g/mol. The first kappa shape index (κ1) is 12.6. The van der Waals surface area contributed by atoms with Crippen LogP contribution in [-0.4, -0.2) is 22.3 Å². The van der Waals surface area contributed by atoms with Gasteiger partial charge in [-0.15, -0.1) is 0 Å². The zero-order valence-corrected chi connectivity index (χ0v) is 11.9. The second-order valence-corrected chi connectivity index (χ2v) is 4.91. The number of furan rings is 1. The fraction of sp³-hybridized carbons (Fsp3) is 0.0588. The lowest BCUT2D eigenvalue weighted by atomic mass is 10.1. The number of methoxy groups -OCH3 is 1. The van der Waals surface area contributed by atoms with E-state index in [2.05, 4.69) is 10.2 Å². The maximum atomic E-state index is 5.62. The standard InChI is InChI=1S/C17H13N3O2/c1-21-13-4-2-11(3-5-13)14-10-22-16-7-6-15(20-17(14)16)12-8-18-19-9-12/h2-10H,1H3,(H,18,19). The van der Waals surface area contributed by atoms with Crippen molar-refractivity contribution in [2.24, 2.45) is 0 Å². The highest BCUT2D eigenvalue weighted by molar-refractivity contribution is 5.92. The second kappa shape index (κ2) is 5.04. The molecule has 1 aromatic carbocycles. The van der Waals surface area contributed by atoms with Crippen LogP contribution >= 0.6 is 0 Å². The van der Waals surface area contributed by atoms with Gasteiger partial charge in [-0.2, -0.15) is 5.10 Å². The summed E-state index contributed by atoms with van der Waals surface area (Å²) in [6, 6.07) is 11.7. The molecule has 22 heavy (non-hydrogen) atoms. The lowest BCUT2D eigenvalue weighted by molar-refractivity contribution is 0.415. The van der Waals surface area contributed by atoms with Crippen LogP contribution in [0.25, 0.3) is 33.5 Å². The molecule has 0 amide bonds. The Kier molecular flexibility index (Phi) is 2.89. The maximum absolute atomic E-state index is 5.62. The molecule has 0 fully saturated rings. The lowest BCUT2D eigenvalue weighted by Gasteiger charge is -2.02. The van der Waals surface area contributed by atoms with Crippen LogP contribution in [0.2, 0.25) is 0 Å². The number of nitrogens with one attached hydrogen (secondary N) is 1. The van der Waals surface area contributed by atoms with E-state index in [9.17, 15) is 0 Å². The summed E-state index contributed by atoms with van der Waals surface area (Å²) in [6.07, 6.45) is 5.31. The molecule has 0 saturated carbocycles. The summed E-state index contributed by atoms with van der Waals surface area (Å²) in [5.74, 6) is 0.823. The number of fused-ring (bicyclic) bond motifs is 1. The van der Waals surface area contributed by atoms with E-state index in [1.165, 1.54) is 0 Å². The number of H-pyrrole nitrogens is 1. The molecule has 0 radical (unpaired) electrons. The Bertz CT molecular complexity index is 909. The summed E-state index contributed by atoms with van der Waals surface area (Å²) in [5, 5.41) is 6.77. The minimum atomic E-state index is 0.762. The van der Waals surface area contributed by atoms with Gasteiger partial charge in [-0.1, -0.05) is 12.1 Å². The summed E-state index contributed by atoms with van der Waals surface area (Å²) in [6.45, 7) is 0. The van der Waals surface area contributed by atoms with Gasteiger partial charge < -0.3 is 9.15 Å². The van der Waals surface area contributed by atoms with Gasteiger partial charge in [-0.05, 0) is 29.8 Å². The average Bonchev–Trinajstić information content (AvgIpc) is 3.24. The summed E-state index contributed by atoms with van der Waals surface area (Å²) in [7, 11) is 1.65. The van der Waals surface area contributed by atoms with Crippen molar-refractivity contribution in [3.63, 3.8) is 0 Å². The van der Waals surface area contributed by atoms with Gasteiger partial charge in [-0.25, -0.2) is 4.98 Å². The Balaban J connectivity index is 1.85. The summed E-state index contributed by atoms with van der Waals surface area (Å²) in [5.41, 5.74) is 5.41. The molecular weight excluding hydrogens is 278 g/mol. The normalized spacial score (nSPS) is 11.0. The first-order chi connectivity index (χ1) is 10.8. The number of ether oxygens (including phenoxy) is 1. The van der Waals surface area contributed by atoms with Gasteiger partial charge in [0.25, 0.3) is 0 Å². The molecule has 0 aliphatic carbocycles. The molecule has 0 atom stereocenters. The molecule has 3 aromatic heterocycles. The van der Waals surface area contributed by atoms with Crippen LogP contribution in [0.4, 0.5) is 0 Å². The molecule has 5 heteroatoms. The number of hydrogen-bond donors (Lipinski definition) is 1. The molecule has 0 unspecified atom stereocenters. The van der Waals surface area contributed by atoms with Crippen molar-refractivity contribution >= 4 is 11.1 Å². The van der Waals surface area contributed by atoms with E-state index in [0.717, 1.165) is 39.2 Å². The second-order valence-electron chi connectivity index (χ2n) is 4.91. The van der Waals surface area contributed by atoms with Crippen molar-refractivity contribution in [3.05, 3.63) is 55.1 Å². The third-order valence-electron chi connectivity index (χ3n) is 3.61. The molecule has 0 aliphatic heterocycles. The molecule has 0 spiro atoms. The Morgan fingerprint density at radius 2 is 1.91 bits per heavy atom. The van der Waals surface area contributed by atoms with Crippen molar-refractivity contribution in [1.82, 2.24) is 15.2 Å². The van der Waals surface area contributed by atoms with Gasteiger partial charge in [0.2, 0.25) is 0 Å². The molecular formula is C17H13N3O2. The van der Waals surface area contributed by atoms with Crippen LogP contribution in [0.5, 0.6) is 5.75 Å². The maximum Gasteiger partial charge on any atom is 0.153 e. The first-order valence-corrected chi connectivity index (χ1v) is 6.87. The fourth-order valence-corrected chi connectivity index (χ4v) is 2.44. The number of nitrogens with zero attached hydrogens (tertiary/aromatic N) is 2. The number of pyridine rings is 1. The van der Waals surface area contributed by atoms with Gasteiger partial charge in [0, 0.05) is 17.3 Å². The van der Waals surface area contributed by atoms with Crippen LogP contribution in [0, 0.1) is 0 Å². The van der Waals surface area contributed by atoms with Crippen LogP contribution < -0.4 is 4.74 Å². The van der Waals surface area contributed by atoms with Gasteiger partial charge in [0.15, 0.2) is 5.58 Å². The molecule has 1 N–H and O–H groups in total. The Morgan fingerprint density at radius 1 is 1.05 bits per heavy atom. The highest BCUT2D eigenvalue weighted by atomic mass is 16.5. The molecule has 4 rings (SSSR count). The molecule has 0 bridgehead atoms. The molecule has 0 saturated heterocycles. The monoisotopic (exact) mass is 291 g/mol. The predicted octanol–water partition coefficient (Wildman–Crippen LogP) is 3.89. The molecule has 5 nitrogen and oxygen atoms in total. The number of hydrogen-bond acceptors (Lipinski definition) is 4. The van der Waals surface area contributed by atoms with Gasteiger partial charge in [-0.3, -0.25) is 5.10 Å². The highest BCUT2D eigenvalue weighted by Gasteiger charge is 2.11. The summed E-state index contributed by atoms with van der Waals surface area (Å²) >= 11 is 0. The van der Waals surface area contributed by atoms with E-state index < -0.39 is 0 Å². The van der Waals surface area contributed by atoms with Crippen LogP contribution in [0.3, 0.4) is 0 Å². The molecule has 3 heterocycles. The van der Waals surface area contributed by atoms with E-state index in [1.807, 2.05) is 42.6 Å². The van der Waals surface area contributed by atoms with Crippen LogP contribution in [-0.2, 0) is 0 Å². The van der Waals surface area contributed by atoms with Gasteiger partial charge in [0.05, 0.1) is 19.0 Å². The lowest BCUT2D eigenvalue weighted by Crippen LogP contribution is -1.85. The summed E-state index contributed by atoms with van der Waals surface area (Å²) in [4.78, 5) is 4.71. The Hall–Kier alpha value is -3.08. The third-order valence-corrected chi connectivity index (χ3v) is 3.61. The minimum Gasteiger partial charge on any atom is -0.497 e. The zero-order chi connectivity index (χ0) is 14.9. The SMILES string of the molecule is COc1ccc(-c2coc3ccc(-c4cn[nH]c4)nc23)cc1. The number of benzene rings is 1. The van der Waals surface area contributed by atoms with E-state index in [-0.39, 0.29) is 0 Å². The van der Waals surface area contributed by atoms with E-state index >= 15 is 0 Å². The predicted molar refractivity (Wildman–Crippen MR) is 83.6 cm³/mol. The molecule has 108 valence electrons. The van der Waals surface area contributed by atoms with Crippen LogP contribution in [0.15, 0.2) is 59.5 Å². The van der Waals surface area contributed by atoms with Crippen molar-refractivity contribution in [2.75, 3.05) is 7.11 Å². The fourth-order valence-electron chi connectivity index (χ4n) is 2.44. The quantitative estimate of drug-likeness (QED) is 0.622. The van der Waals surface area contributed by atoms with Crippen molar-refractivity contribution in [2.45, 2.75) is 0 Å². The first-order valence-electron chi connectivity index (χ1n) is 6.87. The number of aromatic amines is 1. The largest absolute Gasteiger partial charge is 0.497 e. The van der Waals surface area contributed by atoms with E-state index in [4.69, 9.17) is 14.1 Å². The number of rotatable bonds is 3. The minimum absolute atomic E-state index is 0.762. The Labute approximate surface area is 126 Å². The highest BCUT2D eigenvalue weighted by Crippen LogP contribution is 2.31. The topological polar surface area (TPSA) is 63.9 Å². The Morgan fingerprint density at radius 3 is 2.64 bits per heavy atom. The molecule has 4 aromatic rings. The van der Waals surface area contributed by atoms with E-state index in [0.29, 0.717) is 0 Å². The molecule has 0 aliphatic rings. The smallest absolute Gasteiger partial charge is 0.153 e. The van der Waals surface area contributed by atoms with Crippen molar-refractivity contribution < 1.29 is 9.15 Å². The summed E-state index contributed by atoms with van der Waals surface area (Å²) < 4.78 is 10.8. The van der Waals surface area contributed by atoms with E-state index in [1.54, 1.807) is 19.6 Å². The van der Waals surface area contributed by atoms with Crippen molar-refractivity contribution in [1.29, 1.82) is 0 Å².